The highest BCUT2D eigenvalue weighted by atomic mass is 17.3. The van der Waals surface area contributed by atoms with Crippen molar-refractivity contribution < 1.29 is 52.9 Å². The van der Waals surface area contributed by atoms with E-state index in [1.54, 1.807) is 0 Å². The Balaban J connectivity index is 1.13. The molecule has 0 amide bonds. The van der Waals surface area contributed by atoms with Gasteiger partial charge in [0.2, 0.25) is 11.6 Å². The van der Waals surface area contributed by atoms with E-state index in [-0.39, 0.29) is 41.6 Å². The van der Waals surface area contributed by atoms with Crippen LogP contribution in [0.25, 0.3) is 0 Å². The van der Waals surface area contributed by atoms with E-state index in [9.17, 15) is 4.79 Å². The molecule has 10 rings (SSSR count). The van der Waals surface area contributed by atoms with Crippen LogP contribution in [-0.2, 0) is 48.1 Å². The molecule has 12 nitrogen and oxygen atoms in total. The van der Waals surface area contributed by atoms with Crippen molar-refractivity contribution in [1.29, 1.82) is 0 Å². The highest BCUT2D eigenvalue weighted by Crippen LogP contribution is 2.63. The third kappa shape index (κ3) is 4.53. The van der Waals surface area contributed by atoms with E-state index in [0.29, 0.717) is 24.0 Å². The molecule has 2 spiro atoms. The molecular formula is C34H51NO11. The summed E-state index contributed by atoms with van der Waals surface area (Å²) in [4.78, 5) is 42.3. The Morgan fingerprint density at radius 3 is 1.83 bits per heavy atom. The second-order valence-electron chi connectivity index (χ2n) is 16.1. The van der Waals surface area contributed by atoms with Crippen LogP contribution in [0.3, 0.4) is 0 Å². The minimum absolute atomic E-state index is 0.0353. The molecule has 8 saturated heterocycles. The minimum Gasteiger partial charge on any atom is -0.436 e. The number of nitrogens with zero attached hydrogens (tertiary/aromatic N) is 1. The second-order valence-corrected chi connectivity index (χ2v) is 16.1. The zero-order valence-corrected chi connectivity index (χ0v) is 28.2. The van der Waals surface area contributed by atoms with Gasteiger partial charge in [0, 0.05) is 31.1 Å². The van der Waals surface area contributed by atoms with Crippen LogP contribution >= 0.6 is 0 Å². The maximum absolute atomic E-state index is 12.2. The lowest BCUT2D eigenvalue weighted by atomic mass is 9.56. The number of carbonyl (C=O) groups is 1. The highest BCUT2D eigenvalue weighted by molar-refractivity contribution is 5.89. The Hall–Kier alpha value is -1.38. The van der Waals surface area contributed by atoms with Crippen molar-refractivity contribution in [3.8, 4) is 0 Å². The number of rotatable bonds is 4. The molecule has 10 fully saturated rings. The molecule has 46 heavy (non-hydrogen) atoms. The van der Waals surface area contributed by atoms with E-state index in [2.05, 4.69) is 32.9 Å². The van der Waals surface area contributed by atoms with Gasteiger partial charge in [-0.1, -0.05) is 32.9 Å². The summed E-state index contributed by atoms with van der Waals surface area (Å²) < 4.78 is 31.9. The topological polar surface area (TPSA) is 122 Å². The van der Waals surface area contributed by atoms with Crippen LogP contribution in [0.2, 0.25) is 0 Å². The lowest BCUT2D eigenvalue weighted by Crippen LogP contribution is -2.71. The quantitative estimate of drug-likeness (QED) is 0.117. The first kappa shape index (κ1) is 31.9. The van der Waals surface area contributed by atoms with Crippen molar-refractivity contribution in [2.45, 2.75) is 147 Å². The van der Waals surface area contributed by atoms with Crippen molar-refractivity contribution in [3.63, 3.8) is 0 Å². The molecule has 0 radical (unpaired) electrons. The third-order valence-corrected chi connectivity index (χ3v) is 13.6. The standard InChI is InChI=1S/C34H51NO11/c1-17-8-10-23-19(3)26(38-28-33(23)21(17)12-14-31(5,40-28)43-45-33)16-25(35-42-30(36)37-7)27-20(4)24-11-9-18(2)22-13-15-32(6)41-29(39-27)34(22,24)46-44-32/h17-24,26-29H,8-16H2,1-7H3/b35-25-/t17-,18-,19-,20-,21+,22+,23+,24+,26-,27+,28-,29-,31-,32-,33-,34-/m1/s1. The molecule has 0 unspecified atom stereocenters. The number of oxime groups is 1. The summed E-state index contributed by atoms with van der Waals surface area (Å²) in [6.45, 7) is 12.9. The molecule has 4 bridgehead atoms. The summed E-state index contributed by atoms with van der Waals surface area (Å²) in [5, 5.41) is 4.44. The number of ether oxygens (including phenoxy) is 5. The molecule has 10 aliphatic rings. The maximum Gasteiger partial charge on any atom is 0.534 e. The predicted octanol–water partition coefficient (Wildman–Crippen LogP) is 6.02. The SMILES string of the molecule is COC(=O)O/N=C(/C[C@H]1O[C@@H]2O[C@@]3(C)CC[C@H]4[C@H](C)CC[C@@H]([C@H]1C)[C@@]24OO3)[C@H]1O[C@@H]2O[C@@]3(C)CC[C@H]4[C@H](C)CC[C@@H]([C@H]1C)[C@@]24OO3. The minimum atomic E-state index is -0.902. The van der Waals surface area contributed by atoms with Crippen LogP contribution in [0.1, 0.15) is 99.3 Å². The van der Waals surface area contributed by atoms with Crippen molar-refractivity contribution >= 4 is 11.9 Å². The Morgan fingerprint density at radius 2 is 1.26 bits per heavy atom. The molecule has 2 aliphatic carbocycles. The van der Waals surface area contributed by atoms with Gasteiger partial charge in [-0.05, 0) is 87.9 Å². The first-order valence-electron chi connectivity index (χ1n) is 17.6. The number of fused-ring (bicyclic) bond motifs is 4. The first-order chi connectivity index (χ1) is 21.9. The summed E-state index contributed by atoms with van der Waals surface area (Å²) in [6.07, 6.45) is 4.93. The summed E-state index contributed by atoms with van der Waals surface area (Å²) >= 11 is 0. The largest absolute Gasteiger partial charge is 0.534 e. The fourth-order valence-corrected chi connectivity index (χ4v) is 11.0. The molecule has 258 valence electrons. The van der Waals surface area contributed by atoms with Gasteiger partial charge < -0.3 is 23.7 Å². The van der Waals surface area contributed by atoms with Crippen molar-refractivity contribution in [1.82, 2.24) is 0 Å². The van der Waals surface area contributed by atoms with Gasteiger partial charge in [-0.2, -0.15) is 0 Å². The van der Waals surface area contributed by atoms with Gasteiger partial charge in [0.1, 0.15) is 6.10 Å². The average molecular weight is 650 g/mol. The van der Waals surface area contributed by atoms with E-state index in [1.807, 2.05) is 13.8 Å². The fourth-order valence-electron chi connectivity index (χ4n) is 11.0. The number of hydrogen-bond acceptors (Lipinski definition) is 12. The first-order valence-corrected chi connectivity index (χ1v) is 17.6. The van der Waals surface area contributed by atoms with Gasteiger partial charge in [-0.25, -0.2) is 24.3 Å². The molecule has 2 saturated carbocycles. The lowest BCUT2D eigenvalue weighted by molar-refractivity contribution is -0.571. The highest BCUT2D eigenvalue weighted by Gasteiger charge is 2.71. The van der Waals surface area contributed by atoms with Crippen molar-refractivity contribution in [2.75, 3.05) is 7.11 Å². The van der Waals surface area contributed by atoms with Crippen LogP contribution in [0.15, 0.2) is 5.16 Å². The van der Waals surface area contributed by atoms with E-state index in [0.717, 1.165) is 51.4 Å². The van der Waals surface area contributed by atoms with Gasteiger partial charge in [-0.15, -0.1) is 0 Å². The molecule has 8 heterocycles. The van der Waals surface area contributed by atoms with Crippen LogP contribution in [0, 0.1) is 47.3 Å². The second kappa shape index (κ2) is 11.1. The molecule has 12 heteroatoms. The van der Waals surface area contributed by atoms with Gasteiger partial charge in [0.25, 0.3) is 0 Å². The Kier molecular flexibility index (Phi) is 7.66. The van der Waals surface area contributed by atoms with Gasteiger partial charge >= 0.3 is 6.16 Å². The number of methoxy groups -OCH3 is 1. The Bertz CT molecular complexity index is 1250. The molecule has 8 aliphatic heterocycles. The molecular weight excluding hydrogens is 598 g/mol. The average Bonchev–Trinajstić information content (AvgIpc) is 3.41. The van der Waals surface area contributed by atoms with Crippen LogP contribution in [0.4, 0.5) is 4.79 Å². The summed E-state index contributed by atoms with van der Waals surface area (Å²) in [6, 6.07) is 0. The summed E-state index contributed by atoms with van der Waals surface area (Å²) in [5.41, 5.74) is -0.806. The Morgan fingerprint density at radius 1 is 0.717 bits per heavy atom. The van der Waals surface area contributed by atoms with E-state index in [1.165, 1.54) is 7.11 Å². The van der Waals surface area contributed by atoms with E-state index < -0.39 is 47.6 Å². The fraction of sp³-hybridized carbons (Fsp3) is 0.941. The van der Waals surface area contributed by atoms with Crippen molar-refractivity contribution in [3.05, 3.63) is 0 Å². The summed E-state index contributed by atoms with van der Waals surface area (Å²) in [5.74, 6) is -0.0609. The maximum atomic E-state index is 12.2. The molecule has 0 N–H and O–H groups in total. The van der Waals surface area contributed by atoms with E-state index in [4.69, 9.17) is 48.1 Å². The lowest BCUT2D eigenvalue weighted by Gasteiger charge is -2.61. The van der Waals surface area contributed by atoms with Gasteiger partial charge in [0.05, 0.1) is 18.9 Å². The molecule has 0 aromatic heterocycles. The van der Waals surface area contributed by atoms with Gasteiger partial charge in [0.15, 0.2) is 23.8 Å². The monoisotopic (exact) mass is 649 g/mol. The van der Waals surface area contributed by atoms with Crippen LogP contribution in [0.5, 0.6) is 0 Å². The van der Waals surface area contributed by atoms with Crippen LogP contribution in [-0.4, -0.2) is 66.5 Å². The normalized spacial score (nSPS) is 55.8. The number of carbonyl (C=O) groups excluding carboxylic acids is 1. The Labute approximate surface area is 271 Å². The van der Waals surface area contributed by atoms with Gasteiger partial charge in [-0.3, -0.25) is 4.84 Å². The zero-order valence-electron chi connectivity index (χ0n) is 28.2. The molecule has 0 aromatic rings. The smallest absolute Gasteiger partial charge is 0.436 e. The molecule has 0 aromatic carbocycles. The molecule has 16 atom stereocenters. The van der Waals surface area contributed by atoms with E-state index >= 15 is 0 Å². The number of hydrogen-bond donors (Lipinski definition) is 0. The summed E-state index contributed by atoms with van der Waals surface area (Å²) in [7, 11) is 1.27. The van der Waals surface area contributed by atoms with Crippen molar-refractivity contribution in [2.24, 2.45) is 52.5 Å². The third-order valence-electron chi connectivity index (χ3n) is 13.6. The van der Waals surface area contributed by atoms with Crippen LogP contribution < -0.4 is 0 Å². The zero-order chi connectivity index (χ0) is 32.2. The predicted molar refractivity (Wildman–Crippen MR) is 159 cm³/mol.